The normalized spacial score (nSPS) is 12.5. The van der Waals surface area contributed by atoms with Gasteiger partial charge in [-0.25, -0.2) is 4.39 Å². The Morgan fingerprint density at radius 1 is 1.42 bits per heavy atom. The summed E-state index contributed by atoms with van der Waals surface area (Å²) in [6, 6.07) is 2.21. The molecule has 3 N–H and O–H groups in total. The molecule has 1 aromatic rings. The van der Waals surface area contributed by atoms with Crippen LogP contribution in [-0.2, 0) is 0 Å². The Morgan fingerprint density at radius 2 is 2.11 bits per heavy atom. The molecule has 19 heavy (non-hydrogen) atoms. The predicted octanol–water partition coefficient (Wildman–Crippen LogP) is 3.56. The van der Waals surface area contributed by atoms with Crippen LogP contribution < -0.4 is 15.8 Å². The van der Waals surface area contributed by atoms with Crippen LogP contribution in [0, 0.1) is 5.82 Å². The molecule has 0 spiro atoms. The van der Waals surface area contributed by atoms with E-state index in [0.29, 0.717) is 5.69 Å². The highest BCUT2D eigenvalue weighted by Crippen LogP contribution is 2.30. The highest BCUT2D eigenvalue weighted by molar-refractivity contribution is 7.99. The molecule has 0 aliphatic heterocycles. The lowest BCUT2D eigenvalue weighted by Gasteiger charge is -2.17. The number of thioether (sulfide) groups is 1. The quantitative estimate of drug-likeness (QED) is 0.755. The summed E-state index contributed by atoms with van der Waals surface area (Å²) in [5.41, 5.74) is 6.20. The zero-order valence-electron chi connectivity index (χ0n) is 10.8. The lowest BCUT2D eigenvalue weighted by Crippen LogP contribution is -2.19. The molecule has 3 nitrogen and oxygen atoms in total. The minimum atomic E-state index is -3.07. The van der Waals surface area contributed by atoms with E-state index < -0.39 is 18.2 Å². The Balaban J connectivity index is 2.82. The Kier molecular flexibility index (Phi) is 6.14. The largest absolute Gasteiger partial charge is 0.432 e. The van der Waals surface area contributed by atoms with E-state index in [0.717, 1.165) is 23.6 Å². The minimum absolute atomic E-state index is 0.0807. The molecule has 0 aliphatic carbocycles. The van der Waals surface area contributed by atoms with Gasteiger partial charge in [0.25, 0.3) is 0 Å². The maximum atomic E-state index is 13.4. The van der Waals surface area contributed by atoms with Crippen LogP contribution in [0.2, 0.25) is 0 Å². The molecule has 0 saturated heterocycles. The van der Waals surface area contributed by atoms with Crippen molar-refractivity contribution in [2.45, 2.75) is 26.5 Å². The lowest BCUT2D eigenvalue weighted by molar-refractivity contribution is -0.0521. The molecule has 7 heteroatoms. The Labute approximate surface area is 114 Å². The van der Waals surface area contributed by atoms with Crippen molar-refractivity contribution in [3.63, 3.8) is 0 Å². The smallest absolute Gasteiger partial charge is 0.387 e. The molecule has 108 valence electrons. The summed E-state index contributed by atoms with van der Waals surface area (Å²) < 4.78 is 41.7. The van der Waals surface area contributed by atoms with Gasteiger partial charge in [-0.05, 0) is 12.7 Å². The number of rotatable bonds is 7. The van der Waals surface area contributed by atoms with Crippen LogP contribution >= 0.6 is 11.8 Å². The van der Waals surface area contributed by atoms with Gasteiger partial charge < -0.3 is 15.8 Å². The number of halogens is 3. The number of nitrogens with two attached hydrogens (primary N) is 1. The average Bonchev–Trinajstić information content (AvgIpc) is 2.32. The van der Waals surface area contributed by atoms with E-state index in [2.05, 4.69) is 10.1 Å². The zero-order chi connectivity index (χ0) is 14.4. The molecule has 0 bridgehead atoms. The number of ether oxygens (including phenoxy) is 1. The third kappa shape index (κ3) is 5.10. The second-order valence-corrected chi connectivity index (χ2v) is 5.27. The van der Waals surface area contributed by atoms with Crippen molar-refractivity contribution < 1.29 is 17.9 Å². The van der Waals surface area contributed by atoms with Gasteiger partial charge in [0.1, 0.15) is 0 Å². The molecule has 1 unspecified atom stereocenters. The number of nitrogen functional groups attached to an aromatic ring is 1. The number of hydrogen-bond donors (Lipinski definition) is 2. The van der Waals surface area contributed by atoms with Crippen molar-refractivity contribution in [3.8, 4) is 5.75 Å². The van der Waals surface area contributed by atoms with Gasteiger partial charge in [-0.3, -0.25) is 0 Å². The number of nitrogens with one attached hydrogen (secondary N) is 1. The van der Waals surface area contributed by atoms with Crippen molar-refractivity contribution in [2.24, 2.45) is 0 Å². The minimum Gasteiger partial charge on any atom is -0.432 e. The van der Waals surface area contributed by atoms with Crippen LogP contribution in [0.25, 0.3) is 0 Å². The standard InChI is InChI=1S/C12H17F3N2OS/c1-3-19-6-7(2)17-10-5-11(18-12(14)15)8(13)4-9(10)16/h4-5,7,12,17H,3,6,16H2,1-2H3. The Hall–Kier alpha value is -1.24. The van der Waals surface area contributed by atoms with Gasteiger partial charge >= 0.3 is 6.61 Å². The molecule has 0 aromatic heterocycles. The Bertz CT molecular complexity index is 418. The number of hydrogen-bond acceptors (Lipinski definition) is 4. The molecule has 0 saturated carbocycles. The second-order valence-electron chi connectivity index (χ2n) is 3.95. The molecule has 0 aliphatic rings. The zero-order valence-corrected chi connectivity index (χ0v) is 11.6. The van der Waals surface area contributed by atoms with Crippen molar-refractivity contribution in [3.05, 3.63) is 17.9 Å². The van der Waals surface area contributed by atoms with Crippen molar-refractivity contribution in [1.29, 1.82) is 0 Å². The van der Waals surface area contributed by atoms with E-state index in [1.54, 1.807) is 11.8 Å². The highest BCUT2D eigenvalue weighted by atomic mass is 32.2. The van der Waals surface area contributed by atoms with E-state index >= 15 is 0 Å². The second kappa shape index (κ2) is 7.37. The molecule has 0 amide bonds. The summed E-state index contributed by atoms with van der Waals surface area (Å²) in [5.74, 6) is 0.393. The first-order valence-electron chi connectivity index (χ1n) is 5.82. The molecule has 1 aromatic carbocycles. The summed E-state index contributed by atoms with van der Waals surface area (Å²) in [4.78, 5) is 0. The molecule has 0 heterocycles. The fraction of sp³-hybridized carbons (Fsp3) is 0.500. The van der Waals surface area contributed by atoms with Crippen molar-refractivity contribution in [2.75, 3.05) is 22.6 Å². The van der Waals surface area contributed by atoms with Gasteiger partial charge in [-0.2, -0.15) is 20.5 Å². The first kappa shape index (κ1) is 15.8. The molecule has 0 fully saturated rings. The summed E-state index contributed by atoms with van der Waals surface area (Å²) in [6.07, 6.45) is 0. The van der Waals surface area contributed by atoms with Crippen LogP contribution in [0.15, 0.2) is 12.1 Å². The van der Waals surface area contributed by atoms with Gasteiger partial charge in [0, 0.05) is 23.9 Å². The molecular weight excluding hydrogens is 277 g/mol. The van der Waals surface area contributed by atoms with E-state index in [4.69, 9.17) is 5.73 Å². The topological polar surface area (TPSA) is 47.3 Å². The number of alkyl halides is 2. The Morgan fingerprint density at radius 3 is 2.68 bits per heavy atom. The van der Waals surface area contributed by atoms with E-state index in [-0.39, 0.29) is 11.7 Å². The van der Waals surface area contributed by atoms with Gasteiger partial charge in [0.2, 0.25) is 0 Å². The predicted molar refractivity (Wildman–Crippen MR) is 73.5 cm³/mol. The summed E-state index contributed by atoms with van der Waals surface area (Å²) in [6.45, 7) is 0.899. The summed E-state index contributed by atoms with van der Waals surface area (Å²) in [5, 5.41) is 3.05. The number of anilines is 2. The first-order valence-corrected chi connectivity index (χ1v) is 6.97. The SMILES string of the molecule is CCSCC(C)Nc1cc(OC(F)F)c(F)cc1N. The average molecular weight is 294 g/mol. The van der Waals surface area contributed by atoms with Gasteiger partial charge in [-0.1, -0.05) is 6.92 Å². The maximum absolute atomic E-state index is 13.4. The molecule has 1 rings (SSSR count). The van der Waals surface area contributed by atoms with Crippen LogP contribution in [0.5, 0.6) is 5.75 Å². The van der Waals surface area contributed by atoms with Crippen LogP contribution in [-0.4, -0.2) is 24.2 Å². The maximum Gasteiger partial charge on any atom is 0.387 e. The van der Waals surface area contributed by atoms with Crippen LogP contribution in [0.1, 0.15) is 13.8 Å². The van der Waals surface area contributed by atoms with Gasteiger partial charge in [0.05, 0.1) is 11.4 Å². The lowest BCUT2D eigenvalue weighted by atomic mass is 10.2. The first-order chi connectivity index (χ1) is 8.93. The van der Waals surface area contributed by atoms with Crippen molar-refractivity contribution in [1.82, 2.24) is 0 Å². The van der Waals surface area contributed by atoms with E-state index in [1.807, 2.05) is 13.8 Å². The fourth-order valence-corrected chi connectivity index (χ4v) is 2.15. The third-order valence-electron chi connectivity index (χ3n) is 2.29. The third-order valence-corrected chi connectivity index (χ3v) is 3.44. The van der Waals surface area contributed by atoms with E-state index in [1.165, 1.54) is 0 Å². The summed E-state index contributed by atoms with van der Waals surface area (Å²) in [7, 11) is 0. The molecule has 1 atom stereocenters. The van der Waals surface area contributed by atoms with Crippen LogP contribution in [0.3, 0.4) is 0 Å². The van der Waals surface area contributed by atoms with Gasteiger partial charge in [0.15, 0.2) is 11.6 Å². The highest BCUT2D eigenvalue weighted by Gasteiger charge is 2.14. The number of benzene rings is 1. The summed E-state index contributed by atoms with van der Waals surface area (Å²) >= 11 is 1.73. The molecular formula is C12H17F3N2OS. The van der Waals surface area contributed by atoms with E-state index in [9.17, 15) is 13.2 Å². The van der Waals surface area contributed by atoms with Gasteiger partial charge in [-0.15, -0.1) is 0 Å². The monoisotopic (exact) mass is 294 g/mol. The van der Waals surface area contributed by atoms with Crippen molar-refractivity contribution >= 4 is 23.1 Å². The van der Waals surface area contributed by atoms with Crippen LogP contribution in [0.4, 0.5) is 24.5 Å². The molecule has 0 radical (unpaired) electrons. The fourth-order valence-electron chi connectivity index (χ4n) is 1.48.